The first-order chi connectivity index (χ1) is 12.0. The predicted molar refractivity (Wildman–Crippen MR) is 89.5 cm³/mol. The molecule has 2 aromatic carbocycles. The SMILES string of the molecule is NC(Cc1ccc(CNC(=O)c2ccc3c(c2)OCO3)cc1)C(=O)O. The summed E-state index contributed by atoms with van der Waals surface area (Å²) >= 11 is 0. The molecule has 2 aromatic rings. The quantitative estimate of drug-likeness (QED) is 0.730. The van der Waals surface area contributed by atoms with E-state index in [1.165, 1.54) is 0 Å². The lowest BCUT2D eigenvalue weighted by Crippen LogP contribution is -2.32. The molecule has 1 aliphatic heterocycles. The van der Waals surface area contributed by atoms with Gasteiger partial charge < -0.3 is 25.6 Å². The summed E-state index contributed by atoms with van der Waals surface area (Å²) in [7, 11) is 0. The number of nitrogens with one attached hydrogen (secondary N) is 1. The molecule has 0 bridgehead atoms. The van der Waals surface area contributed by atoms with Gasteiger partial charge in [0.2, 0.25) is 6.79 Å². The summed E-state index contributed by atoms with van der Waals surface area (Å²) in [4.78, 5) is 23.0. The number of fused-ring (bicyclic) bond motifs is 1. The van der Waals surface area contributed by atoms with Crippen LogP contribution in [0.5, 0.6) is 11.5 Å². The van der Waals surface area contributed by atoms with Gasteiger partial charge in [0.15, 0.2) is 11.5 Å². The summed E-state index contributed by atoms with van der Waals surface area (Å²) in [6.45, 7) is 0.525. The van der Waals surface area contributed by atoms with E-state index in [-0.39, 0.29) is 19.1 Å². The van der Waals surface area contributed by atoms with Crippen LogP contribution in [0.3, 0.4) is 0 Å². The molecule has 0 spiro atoms. The van der Waals surface area contributed by atoms with Gasteiger partial charge in [0.05, 0.1) is 0 Å². The van der Waals surface area contributed by atoms with Crippen LogP contribution in [0.2, 0.25) is 0 Å². The minimum atomic E-state index is -1.03. The molecule has 3 rings (SSSR count). The largest absolute Gasteiger partial charge is 0.480 e. The maximum absolute atomic E-state index is 12.2. The molecule has 7 heteroatoms. The molecule has 1 unspecified atom stereocenters. The Morgan fingerprint density at radius 2 is 1.76 bits per heavy atom. The lowest BCUT2D eigenvalue weighted by Gasteiger charge is -2.09. The average Bonchev–Trinajstić information content (AvgIpc) is 3.08. The Balaban J connectivity index is 1.56. The summed E-state index contributed by atoms with van der Waals surface area (Å²) in [6, 6.07) is 11.4. The highest BCUT2D eigenvalue weighted by Gasteiger charge is 2.16. The molecular weight excluding hydrogens is 324 g/mol. The molecule has 130 valence electrons. The van der Waals surface area contributed by atoms with E-state index in [0.717, 1.165) is 11.1 Å². The van der Waals surface area contributed by atoms with Crippen LogP contribution in [0.1, 0.15) is 21.5 Å². The zero-order valence-corrected chi connectivity index (χ0v) is 13.4. The van der Waals surface area contributed by atoms with Crippen molar-refractivity contribution in [1.29, 1.82) is 0 Å². The van der Waals surface area contributed by atoms with Crippen molar-refractivity contribution in [2.45, 2.75) is 19.0 Å². The van der Waals surface area contributed by atoms with Crippen LogP contribution in [-0.2, 0) is 17.8 Å². The number of carboxylic acid groups (broad SMARTS) is 1. The third-order valence-electron chi connectivity index (χ3n) is 3.88. The first-order valence-electron chi connectivity index (χ1n) is 7.77. The van der Waals surface area contributed by atoms with Gasteiger partial charge in [-0.05, 0) is 35.7 Å². The molecule has 25 heavy (non-hydrogen) atoms. The first-order valence-corrected chi connectivity index (χ1v) is 7.77. The van der Waals surface area contributed by atoms with Crippen molar-refractivity contribution < 1.29 is 24.2 Å². The number of hydrogen-bond acceptors (Lipinski definition) is 5. The maximum Gasteiger partial charge on any atom is 0.320 e. The van der Waals surface area contributed by atoms with Gasteiger partial charge in [0.1, 0.15) is 6.04 Å². The zero-order chi connectivity index (χ0) is 17.8. The Hall–Kier alpha value is -3.06. The third-order valence-corrected chi connectivity index (χ3v) is 3.88. The molecular formula is C18H18N2O5. The van der Waals surface area contributed by atoms with Crippen LogP contribution >= 0.6 is 0 Å². The van der Waals surface area contributed by atoms with Crippen LogP contribution in [0, 0.1) is 0 Å². The van der Waals surface area contributed by atoms with Crippen LogP contribution in [0.15, 0.2) is 42.5 Å². The summed E-state index contributed by atoms with van der Waals surface area (Å²) in [5.41, 5.74) is 7.74. The third kappa shape index (κ3) is 4.07. The molecule has 7 nitrogen and oxygen atoms in total. The van der Waals surface area contributed by atoms with E-state index in [1.807, 2.05) is 24.3 Å². The van der Waals surface area contributed by atoms with E-state index in [4.69, 9.17) is 20.3 Å². The molecule has 0 saturated carbocycles. The number of aliphatic carboxylic acids is 1. The number of benzene rings is 2. The second-order valence-corrected chi connectivity index (χ2v) is 5.72. The van der Waals surface area contributed by atoms with Crippen molar-refractivity contribution >= 4 is 11.9 Å². The lowest BCUT2D eigenvalue weighted by molar-refractivity contribution is -0.138. The van der Waals surface area contributed by atoms with Crippen LogP contribution < -0.4 is 20.5 Å². The molecule has 4 N–H and O–H groups in total. The Morgan fingerprint density at radius 3 is 2.48 bits per heavy atom. The number of carbonyl (C=O) groups is 2. The number of carbonyl (C=O) groups excluding carboxylic acids is 1. The topological polar surface area (TPSA) is 111 Å². The van der Waals surface area contributed by atoms with Crippen molar-refractivity contribution in [2.24, 2.45) is 5.73 Å². The van der Waals surface area contributed by atoms with Crippen molar-refractivity contribution in [3.05, 3.63) is 59.2 Å². The van der Waals surface area contributed by atoms with E-state index in [9.17, 15) is 9.59 Å². The van der Waals surface area contributed by atoms with Crippen LogP contribution in [0.25, 0.3) is 0 Å². The molecule has 1 atom stereocenters. The number of amides is 1. The Labute approximate surface area is 144 Å². The van der Waals surface area contributed by atoms with Crippen LogP contribution in [0.4, 0.5) is 0 Å². The second kappa shape index (κ2) is 7.23. The summed E-state index contributed by atoms with van der Waals surface area (Å²) in [6.07, 6.45) is 0.263. The second-order valence-electron chi connectivity index (χ2n) is 5.72. The standard InChI is InChI=1S/C18H18N2O5/c19-14(18(22)23)7-11-1-3-12(4-2-11)9-20-17(21)13-5-6-15-16(8-13)25-10-24-15/h1-6,8,14H,7,9-10,19H2,(H,20,21)(H,22,23). The molecule has 0 aliphatic carbocycles. The fraction of sp³-hybridized carbons (Fsp3) is 0.222. The lowest BCUT2D eigenvalue weighted by atomic mass is 10.0. The number of hydrogen-bond donors (Lipinski definition) is 3. The minimum Gasteiger partial charge on any atom is -0.480 e. The van der Waals surface area contributed by atoms with E-state index in [0.29, 0.717) is 23.6 Å². The van der Waals surface area contributed by atoms with E-state index < -0.39 is 12.0 Å². The molecule has 0 radical (unpaired) electrons. The van der Waals surface area contributed by atoms with E-state index >= 15 is 0 Å². The van der Waals surface area contributed by atoms with Crippen molar-refractivity contribution in [3.8, 4) is 11.5 Å². The minimum absolute atomic E-state index is 0.165. The van der Waals surface area contributed by atoms with Gasteiger partial charge in [-0.25, -0.2) is 0 Å². The van der Waals surface area contributed by atoms with Gasteiger partial charge in [-0.2, -0.15) is 0 Å². The fourth-order valence-electron chi connectivity index (χ4n) is 2.46. The first kappa shape index (κ1) is 16.8. The monoisotopic (exact) mass is 342 g/mol. The normalized spacial score (nSPS) is 13.3. The number of nitrogens with two attached hydrogens (primary N) is 1. The smallest absolute Gasteiger partial charge is 0.320 e. The number of carboxylic acids is 1. The molecule has 1 heterocycles. The van der Waals surface area contributed by atoms with Gasteiger partial charge in [-0.15, -0.1) is 0 Å². The number of ether oxygens (including phenoxy) is 2. The Kier molecular flexibility index (Phi) is 4.85. The van der Waals surface area contributed by atoms with Gasteiger partial charge in [-0.1, -0.05) is 24.3 Å². The Morgan fingerprint density at radius 1 is 1.08 bits per heavy atom. The molecule has 0 saturated heterocycles. The molecule has 0 aromatic heterocycles. The Bertz CT molecular complexity index is 789. The van der Waals surface area contributed by atoms with Gasteiger partial charge >= 0.3 is 5.97 Å². The number of rotatable bonds is 6. The predicted octanol–water partition coefficient (Wildman–Crippen LogP) is 1.30. The highest BCUT2D eigenvalue weighted by atomic mass is 16.7. The van der Waals surface area contributed by atoms with E-state index in [2.05, 4.69) is 5.32 Å². The maximum atomic E-state index is 12.2. The summed E-state index contributed by atoms with van der Waals surface area (Å²) < 4.78 is 10.5. The summed E-state index contributed by atoms with van der Waals surface area (Å²) in [5.74, 6) is -0.0474. The fourth-order valence-corrected chi connectivity index (χ4v) is 2.46. The van der Waals surface area contributed by atoms with Gasteiger partial charge in [-0.3, -0.25) is 9.59 Å². The van der Waals surface area contributed by atoms with Gasteiger partial charge in [0, 0.05) is 12.1 Å². The zero-order valence-electron chi connectivity index (χ0n) is 13.4. The molecule has 0 fully saturated rings. The van der Waals surface area contributed by atoms with Crippen molar-refractivity contribution in [3.63, 3.8) is 0 Å². The highest BCUT2D eigenvalue weighted by molar-refractivity contribution is 5.94. The van der Waals surface area contributed by atoms with Crippen LogP contribution in [-0.4, -0.2) is 29.8 Å². The van der Waals surface area contributed by atoms with Crippen molar-refractivity contribution in [1.82, 2.24) is 5.32 Å². The van der Waals surface area contributed by atoms with Crippen molar-refractivity contribution in [2.75, 3.05) is 6.79 Å². The molecule has 1 amide bonds. The molecule has 1 aliphatic rings. The van der Waals surface area contributed by atoms with E-state index in [1.54, 1.807) is 18.2 Å². The van der Waals surface area contributed by atoms with Gasteiger partial charge in [0.25, 0.3) is 5.91 Å². The average molecular weight is 342 g/mol. The highest BCUT2D eigenvalue weighted by Crippen LogP contribution is 2.32. The summed E-state index contributed by atoms with van der Waals surface area (Å²) in [5, 5.41) is 11.7.